The second kappa shape index (κ2) is 7.81. The Morgan fingerprint density at radius 1 is 1.39 bits per heavy atom. The number of thiazole rings is 1. The fourth-order valence-electron chi connectivity index (χ4n) is 3.47. The molecule has 0 unspecified atom stereocenters. The highest BCUT2D eigenvalue weighted by molar-refractivity contribution is 8.04. The van der Waals surface area contributed by atoms with Crippen molar-refractivity contribution in [2.45, 2.75) is 50.1 Å². The molecule has 0 fully saturated rings. The van der Waals surface area contributed by atoms with Gasteiger partial charge in [0, 0.05) is 29.1 Å². The Morgan fingerprint density at radius 2 is 2.18 bits per heavy atom. The van der Waals surface area contributed by atoms with Crippen LogP contribution in [0.3, 0.4) is 0 Å². The van der Waals surface area contributed by atoms with Gasteiger partial charge in [0.1, 0.15) is 5.03 Å². The largest absolute Gasteiger partial charge is 0.493 e. The van der Waals surface area contributed by atoms with Gasteiger partial charge in [0.05, 0.1) is 10.6 Å². The number of carboxylic acids is 1. The van der Waals surface area contributed by atoms with Crippen molar-refractivity contribution in [2.75, 3.05) is 0 Å². The number of nitrogens with zero attached hydrogens (tertiary/aromatic N) is 2. The number of aromatic nitrogens is 2. The van der Waals surface area contributed by atoms with Crippen molar-refractivity contribution in [2.24, 2.45) is 0 Å². The van der Waals surface area contributed by atoms with E-state index < -0.39 is 5.97 Å². The molecule has 146 valence electrons. The van der Waals surface area contributed by atoms with Crippen LogP contribution in [0.25, 0.3) is 6.08 Å². The van der Waals surface area contributed by atoms with Crippen LogP contribution in [0.1, 0.15) is 47.4 Å². The van der Waals surface area contributed by atoms with Crippen molar-refractivity contribution in [1.29, 1.82) is 5.41 Å². The number of aryl methyl sites for hydroxylation is 2. The molecule has 28 heavy (non-hydrogen) atoms. The monoisotopic (exact) mass is 433 g/mol. The highest BCUT2D eigenvalue weighted by Gasteiger charge is 2.27. The van der Waals surface area contributed by atoms with E-state index in [1.807, 2.05) is 0 Å². The Bertz CT molecular complexity index is 1070. The summed E-state index contributed by atoms with van der Waals surface area (Å²) in [6.07, 6.45) is 6.57. The standard InChI is InChI=1S/C19H19N3O3S3/c20-16-11-8-10-4-1-2-5-12(10)21-17(11)27-13(16)9-14-18(25)22(19(26)28-14)7-3-6-15(23)24/h8-9,20,25H,1-7H2,(H,23,24)/b13-9-,20-16?. The number of rotatable bonds is 5. The van der Waals surface area contributed by atoms with Gasteiger partial charge in [0.15, 0.2) is 3.95 Å². The zero-order valence-corrected chi connectivity index (χ0v) is 17.5. The maximum absolute atomic E-state index is 10.7. The van der Waals surface area contributed by atoms with E-state index in [1.54, 1.807) is 10.6 Å². The SMILES string of the molecule is N=C1/C(=C/c2sc(=S)n(CCCC(=O)O)c2O)Sc2nc3c(cc21)CCCC3. The second-order valence-electron chi connectivity index (χ2n) is 6.84. The predicted molar refractivity (Wildman–Crippen MR) is 113 cm³/mol. The lowest BCUT2D eigenvalue weighted by Crippen LogP contribution is -2.07. The fourth-order valence-corrected chi connectivity index (χ4v) is 5.87. The molecule has 0 aromatic carbocycles. The average molecular weight is 434 g/mol. The Labute approximate surface area is 175 Å². The van der Waals surface area contributed by atoms with Gasteiger partial charge in [-0.1, -0.05) is 11.8 Å². The molecular formula is C19H19N3O3S3. The molecule has 6 nitrogen and oxygen atoms in total. The van der Waals surface area contributed by atoms with Crippen molar-refractivity contribution in [1.82, 2.24) is 9.55 Å². The number of fused-ring (bicyclic) bond motifs is 2. The van der Waals surface area contributed by atoms with E-state index >= 15 is 0 Å². The van der Waals surface area contributed by atoms with Gasteiger partial charge >= 0.3 is 5.97 Å². The number of allylic oxidation sites excluding steroid dienone is 1. The van der Waals surface area contributed by atoms with E-state index in [9.17, 15) is 9.90 Å². The number of aromatic hydroxyl groups is 1. The number of nitrogens with one attached hydrogen (secondary N) is 1. The minimum Gasteiger partial charge on any atom is -0.493 e. The van der Waals surface area contributed by atoms with Gasteiger partial charge in [-0.2, -0.15) is 0 Å². The van der Waals surface area contributed by atoms with Crippen LogP contribution in [0.5, 0.6) is 5.88 Å². The molecule has 0 bridgehead atoms. The van der Waals surface area contributed by atoms with Crippen molar-refractivity contribution in [3.63, 3.8) is 0 Å². The summed E-state index contributed by atoms with van der Waals surface area (Å²) in [6.45, 7) is 0.357. The molecule has 0 amide bonds. The third-order valence-corrected chi connectivity index (χ3v) is 7.35. The molecule has 2 aliphatic rings. The molecule has 9 heteroatoms. The van der Waals surface area contributed by atoms with Crippen molar-refractivity contribution >= 4 is 53.1 Å². The van der Waals surface area contributed by atoms with Crippen molar-refractivity contribution in [3.05, 3.63) is 36.6 Å². The van der Waals surface area contributed by atoms with Gasteiger partial charge in [-0.25, -0.2) is 4.98 Å². The zero-order valence-electron chi connectivity index (χ0n) is 15.0. The molecule has 3 heterocycles. The molecular weight excluding hydrogens is 414 g/mol. The highest BCUT2D eigenvalue weighted by atomic mass is 32.2. The van der Waals surface area contributed by atoms with E-state index in [0.717, 1.165) is 40.5 Å². The van der Waals surface area contributed by atoms with E-state index in [0.29, 0.717) is 27.5 Å². The second-order valence-corrected chi connectivity index (χ2v) is 9.55. The van der Waals surface area contributed by atoms with Gasteiger partial charge < -0.3 is 10.2 Å². The van der Waals surface area contributed by atoms with E-state index in [4.69, 9.17) is 27.7 Å². The van der Waals surface area contributed by atoms with Crippen LogP contribution in [0, 0.1) is 9.36 Å². The number of carboxylic acid groups (broad SMARTS) is 1. The smallest absolute Gasteiger partial charge is 0.303 e. The lowest BCUT2D eigenvalue weighted by Gasteiger charge is -2.15. The number of pyridine rings is 1. The lowest BCUT2D eigenvalue weighted by atomic mass is 9.94. The minimum absolute atomic E-state index is 0.0274. The first-order valence-electron chi connectivity index (χ1n) is 9.10. The molecule has 4 rings (SSSR count). The molecule has 1 aliphatic carbocycles. The first-order chi connectivity index (χ1) is 13.4. The third kappa shape index (κ3) is 3.66. The Balaban J connectivity index is 1.60. The summed E-state index contributed by atoms with van der Waals surface area (Å²) in [5.74, 6) is -0.836. The molecule has 0 atom stereocenters. The third-order valence-electron chi connectivity index (χ3n) is 4.92. The first-order valence-corrected chi connectivity index (χ1v) is 11.1. The van der Waals surface area contributed by atoms with Gasteiger partial charge in [0.25, 0.3) is 0 Å². The Kier molecular flexibility index (Phi) is 5.39. The molecule has 1 aliphatic heterocycles. The van der Waals surface area contributed by atoms with E-state index in [2.05, 4.69) is 6.07 Å². The molecule has 2 aromatic heterocycles. The number of carbonyl (C=O) groups is 1. The average Bonchev–Trinajstić information content (AvgIpc) is 3.10. The molecule has 0 radical (unpaired) electrons. The van der Waals surface area contributed by atoms with Gasteiger partial charge in [0.2, 0.25) is 5.88 Å². The Hall–Kier alpha value is -1.97. The van der Waals surface area contributed by atoms with Gasteiger partial charge in [-0.05, 0) is 62.0 Å². The van der Waals surface area contributed by atoms with Crippen molar-refractivity contribution < 1.29 is 15.0 Å². The van der Waals surface area contributed by atoms with Crippen LogP contribution in [-0.2, 0) is 24.2 Å². The summed E-state index contributed by atoms with van der Waals surface area (Å²) >= 11 is 8.05. The molecule has 2 aromatic rings. The lowest BCUT2D eigenvalue weighted by molar-refractivity contribution is -0.137. The molecule has 0 spiro atoms. The number of aliphatic carboxylic acids is 1. The summed E-state index contributed by atoms with van der Waals surface area (Å²) in [5, 5.41) is 28.7. The maximum Gasteiger partial charge on any atom is 0.303 e. The van der Waals surface area contributed by atoms with Gasteiger partial charge in [-0.15, -0.1) is 11.3 Å². The summed E-state index contributed by atoms with van der Waals surface area (Å²) in [5.41, 5.74) is 3.69. The topological polar surface area (TPSA) is 99.2 Å². The van der Waals surface area contributed by atoms with E-state index in [-0.39, 0.29) is 12.3 Å². The quantitative estimate of drug-likeness (QED) is 0.594. The fraction of sp³-hybridized carbons (Fsp3) is 0.368. The van der Waals surface area contributed by atoms with Crippen LogP contribution in [0.4, 0.5) is 0 Å². The summed E-state index contributed by atoms with van der Waals surface area (Å²) in [7, 11) is 0. The number of thioether (sulfide) groups is 1. The maximum atomic E-state index is 10.7. The molecule has 0 saturated heterocycles. The first kappa shape index (κ1) is 19.4. The van der Waals surface area contributed by atoms with E-state index in [1.165, 1.54) is 35.1 Å². The normalized spacial score (nSPS) is 17.0. The zero-order chi connectivity index (χ0) is 19.8. The number of hydrogen-bond donors (Lipinski definition) is 3. The summed E-state index contributed by atoms with van der Waals surface area (Å²) < 4.78 is 2.05. The highest BCUT2D eigenvalue weighted by Crippen LogP contribution is 2.42. The Morgan fingerprint density at radius 3 is 2.96 bits per heavy atom. The predicted octanol–water partition coefficient (Wildman–Crippen LogP) is 4.64. The number of hydrogen-bond acceptors (Lipinski definition) is 7. The summed E-state index contributed by atoms with van der Waals surface area (Å²) in [6, 6.07) is 2.10. The van der Waals surface area contributed by atoms with Crippen molar-refractivity contribution in [3.8, 4) is 5.88 Å². The van der Waals surface area contributed by atoms with Crippen LogP contribution < -0.4 is 0 Å². The minimum atomic E-state index is -0.868. The van der Waals surface area contributed by atoms with Crippen LogP contribution in [0.15, 0.2) is 16.0 Å². The van der Waals surface area contributed by atoms with Crippen LogP contribution in [-0.4, -0.2) is 31.4 Å². The van der Waals surface area contributed by atoms with Gasteiger partial charge in [-0.3, -0.25) is 14.8 Å². The summed E-state index contributed by atoms with van der Waals surface area (Å²) in [4.78, 5) is 16.8. The molecule has 3 N–H and O–H groups in total. The van der Waals surface area contributed by atoms with Crippen LogP contribution in [0.2, 0.25) is 0 Å². The molecule has 0 saturated carbocycles. The van der Waals surface area contributed by atoms with Crippen LogP contribution >= 0.6 is 35.3 Å².